The van der Waals surface area contributed by atoms with Crippen molar-refractivity contribution in [3.63, 3.8) is 0 Å². The number of primary amides is 1. The molecule has 0 aromatic heterocycles. The van der Waals surface area contributed by atoms with Crippen molar-refractivity contribution in [1.82, 2.24) is 9.80 Å². The van der Waals surface area contributed by atoms with Crippen LogP contribution in [-0.2, 0) is 11.3 Å². The van der Waals surface area contributed by atoms with Crippen LogP contribution in [-0.4, -0.2) is 48.4 Å². The van der Waals surface area contributed by atoms with Gasteiger partial charge in [-0.05, 0) is 25.5 Å². The number of carbonyl (C=O) groups is 1. The molecule has 0 saturated carbocycles. The maximum Gasteiger partial charge on any atom is 0.217 e. The zero-order valence-electron chi connectivity index (χ0n) is 12.3. The van der Waals surface area contributed by atoms with Crippen LogP contribution in [0.2, 0.25) is 0 Å². The topological polar surface area (TPSA) is 49.6 Å². The van der Waals surface area contributed by atoms with Crippen molar-refractivity contribution < 1.29 is 4.79 Å². The molecule has 0 aliphatic carbocycles. The van der Waals surface area contributed by atoms with Gasteiger partial charge in [-0.2, -0.15) is 0 Å². The van der Waals surface area contributed by atoms with E-state index in [4.69, 9.17) is 5.73 Å². The minimum atomic E-state index is -0.192. The molecule has 4 nitrogen and oxygen atoms in total. The second-order valence-electron chi connectivity index (χ2n) is 5.68. The number of aryl methyl sites for hydroxylation is 1. The lowest BCUT2D eigenvalue weighted by atomic mass is 10.1. The van der Waals surface area contributed by atoms with Gasteiger partial charge >= 0.3 is 0 Å². The number of hydrogen-bond acceptors (Lipinski definition) is 3. The highest BCUT2D eigenvalue weighted by Gasteiger charge is 2.16. The van der Waals surface area contributed by atoms with Crippen LogP contribution in [0.15, 0.2) is 24.3 Å². The third kappa shape index (κ3) is 4.94. The number of nitrogens with zero attached hydrogens (tertiary/aromatic N) is 2. The van der Waals surface area contributed by atoms with Crippen molar-refractivity contribution in [3.05, 3.63) is 35.4 Å². The largest absolute Gasteiger partial charge is 0.370 e. The van der Waals surface area contributed by atoms with Crippen LogP contribution in [0.5, 0.6) is 0 Å². The molecule has 1 fully saturated rings. The summed E-state index contributed by atoms with van der Waals surface area (Å²) in [6, 6.07) is 8.73. The van der Waals surface area contributed by atoms with E-state index in [0.29, 0.717) is 6.42 Å². The summed E-state index contributed by atoms with van der Waals surface area (Å²) in [7, 11) is 0. The smallest absolute Gasteiger partial charge is 0.217 e. The number of rotatable bonds is 6. The molecule has 1 heterocycles. The number of piperazine rings is 1. The minimum Gasteiger partial charge on any atom is -0.370 e. The number of nitrogens with two attached hydrogens (primary N) is 1. The number of carbonyl (C=O) groups excluding carboxylic acids is 1. The summed E-state index contributed by atoms with van der Waals surface area (Å²) in [6.45, 7) is 8.54. The van der Waals surface area contributed by atoms with Gasteiger partial charge in [0.15, 0.2) is 0 Å². The normalized spacial score (nSPS) is 17.2. The molecule has 20 heavy (non-hydrogen) atoms. The highest BCUT2D eigenvalue weighted by atomic mass is 16.1. The van der Waals surface area contributed by atoms with Gasteiger partial charge in [0, 0.05) is 39.1 Å². The minimum absolute atomic E-state index is 0.192. The van der Waals surface area contributed by atoms with Gasteiger partial charge in [0.1, 0.15) is 0 Å². The van der Waals surface area contributed by atoms with Crippen molar-refractivity contribution in [3.8, 4) is 0 Å². The van der Waals surface area contributed by atoms with E-state index in [9.17, 15) is 4.79 Å². The molecule has 0 bridgehead atoms. The van der Waals surface area contributed by atoms with Crippen molar-refractivity contribution in [2.45, 2.75) is 26.3 Å². The maximum atomic E-state index is 10.7. The van der Waals surface area contributed by atoms with Crippen molar-refractivity contribution in [2.24, 2.45) is 5.73 Å². The predicted molar refractivity (Wildman–Crippen MR) is 81.3 cm³/mol. The van der Waals surface area contributed by atoms with E-state index in [0.717, 1.165) is 45.7 Å². The molecule has 110 valence electrons. The maximum absolute atomic E-state index is 10.7. The molecule has 1 aliphatic rings. The monoisotopic (exact) mass is 275 g/mol. The van der Waals surface area contributed by atoms with E-state index in [-0.39, 0.29) is 5.91 Å². The molecule has 2 rings (SSSR count). The second-order valence-corrected chi connectivity index (χ2v) is 5.68. The standard InChI is InChI=1S/C16H25N3O/c1-14-4-2-5-15(12-14)13-19-10-8-18(9-11-19)7-3-6-16(17)20/h2,4-5,12H,3,6-11,13H2,1H3,(H2,17,20). The van der Waals surface area contributed by atoms with Gasteiger partial charge in [0.25, 0.3) is 0 Å². The first-order valence-electron chi connectivity index (χ1n) is 7.42. The highest BCUT2D eigenvalue weighted by Crippen LogP contribution is 2.10. The van der Waals surface area contributed by atoms with Crippen LogP contribution in [0, 0.1) is 6.92 Å². The van der Waals surface area contributed by atoms with E-state index in [1.807, 2.05) is 0 Å². The van der Waals surface area contributed by atoms with Crippen molar-refractivity contribution in [1.29, 1.82) is 0 Å². The number of amides is 1. The molecule has 0 spiro atoms. The molecular weight excluding hydrogens is 250 g/mol. The van der Waals surface area contributed by atoms with Crippen molar-refractivity contribution >= 4 is 5.91 Å². The van der Waals surface area contributed by atoms with Crippen LogP contribution < -0.4 is 5.73 Å². The molecule has 0 unspecified atom stereocenters. The number of benzene rings is 1. The molecule has 1 amide bonds. The summed E-state index contributed by atoms with van der Waals surface area (Å²) in [4.78, 5) is 15.6. The lowest BCUT2D eigenvalue weighted by Gasteiger charge is -2.34. The van der Waals surface area contributed by atoms with E-state index in [2.05, 4.69) is 41.0 Å². The lowest BCUT2D eigenvalue weighted by Crippen LogP contribution is -2.46. The number of hydrogen-bond donors (Lipinski definition) is 1. The fourth-order valence-electron chi connectivity index (χ4n) is 2.72. The quantitative estimate of drug-likeness (QED) is 0.853. The molecule has 0 radical (unpaired) electrons. The Bertz CT molecular complexity index is 439. The zero-order chi connectivity index (χ0) is 14.4. The first-order chi connectivity index (χ1) is 9.63. The van der Waals surface area contributed by atoms with E-state index in [1.54, 1.807) is 0 Å². The van der Waals surface area contributed by atoms with Gasteiger partial charge in [-0.15, -0.1) is 0 Å². The SMILES string of the molecule is Cc1cccc(CN2CCN(CCCC(N)=O)CC2)c1. The first kappa shape index (κ1) is 15.0. The Hall–Kier alpha value is -1.39. The van der Waals surface area contributed by atoms with Gasteiger partial charge in [0.2, 0.25) is 5.91 Å². The summed E-state index contributed by atoms with van der Waals surface area (Å²) in [6.07, 6.45) is 1.39. The fourth-order valence-corrected chi connectivity index (χ4v) is 2.72. The third-order valence-electron chi connectivity index (χ3n) is 3.85. The van der Waals surface area contributed by atoms with Crippen LogP contribution in [0.4, 0.5) is 0 Å². The summed E-state index contributed by atoms with van der Waals surface area (Å²) in [5.74, 6) is -0.192. The van der Waals surface area contributed by atoms with Gasteiger partial charge in [-0.1, -0.05) is 29.8 Å². The Labute approximate surface area is 121 Å². The van der Waals surface area contributed by atoms with E-state index in [1.165, 1.54) is 11.1 Å². The Morgan fingerprint density at radius 1 is 1.20 bits per heavy atom. The Kier molecular flexibility index (Phi) is 5.56. The highest BCUT2D eigenvalue weighted by molar-refractivity contribution is 5.73. The second kappa shape index (κ2) is 7.41. The summed E-state index contributed by atoms with van der Waals surface area (Å²) < 4.78 is 0. The molecule has 1 aromatic carbocycles. The Morgan fingerprint density at radius 2 is 1.90 bits per heavy atom. The Morgan fingerprint density at radius 3 is 2.55 bits per heavy atom. The molecular formula is C16H25N3O. The lowest BCUT2D eigenvalue weighted by molar-refractivity contribution is -0.118. The molecule has 1 aliphatic heterocycles. The zero-order valence-corrected chi connectivity index (χ0v) is 12.3. The van der Waals surface area contributed by atoms with Crippen LogP contribution in [0.25, 0.3) is 0 Å². The van der Waals surface area contributed by atoms with Gasteiger partial charge in [0.05, 0.1) is 0 Å². The molecule has 4 heteroatoms. The average Bonchev–Trinajstić information content (AvgIpc) is 2.40. The predicted octanol–water partition coefficient (Wildman–Crippen LogP) is 1.38. The first-order valence-corrected chi connectivity index (χ1v) is 7.42. The van der Waals surface area contributed by atoms with Crippen LogP contribution in [0.1, 0.15) is 24.0 Å². The van der Waals surface area contributed by atoms with Gasteiger partial charge in [-0.3, -0.25) is 9.69 Å². The Balaban J connectivity index is 1.70. The molecule has 1 aromatic rings. The third-order valence-corrected chi connectivity index (χ3v) is 3.85. The van der Waals surface area contributed by atoms with Crippen molar-refractivity contribution in [2.75, 3.05) is 32.7 Å². The van der Waals surface area contributed by atoms with E-state index < -0.39 is 0 Å². The molecule has 1 saturated heterocycles. The summed E-state index contributed by atoms with van der Waals surface area (Å²) >= 11 is 0. The molecule has 0 atom stereocenters. The van der Waals surface area contributed by atoms with Gasteiger partial charge in [-0.25, -0.2) is 0 Å². The summed E-state index contributed by atoms with van der Waals surface area (Å²) in [5, 5.41) is 0. The summed E-state index contributed by atoms with van der Waals surface area (Å²) in [5.41, 5.74) is 7.88. The average molecular weight is 275 g/mol. The van der Waals surface area contributed by atoms with Gasteiger partial charge < -0.3 is 10.6 Å². The van der Waals surface area contributed by atoms with Crippen LogP contribution >= 0.6 is 0 Å². The molecule has 2 N–H and O–H groups in total. The van der Waals surface area contributed by atoms with Crippen LogP contribution in [0.3, 0.4) is 0 Å². The van der Waals surface area contributed by atoms with E-state index >= 15 is 0 Å². The fraction of sp³-hybridized carbons (Fsp3) is 0.562.